The minimum Gasteiger partial charge on any atom is -0.309 e. The summed E-state index contributed by atoms with van der Waals surface area (Å²) in [5.74, 6) is 0. The summed E-state index contributed by atoms with van der Waals surface area (Å²) < 4.78 is 0. The molecule has 17 heavy (non-hydrogen) atoms. The highest BCUT2D eigenvalue weighted by Crippen LogP contribution is 2.27. The fraction of sp³-hybridized carbons (Fsp3) is 0.733. The topological polar surface area (TPSA) is 12.0 Å². The Bertz CT molecular complexity index is 342. The fourth-order valence-electron chi connectivity index (χ4n) is 2.42. The van der Waals surface area contributed by atoms with Gasteiger partial charge in [0.1, 0.15) is 0 Å². The standard InChI is InChI=1S/C15H25NS/c1-15(2,3)12-9-14(17-11-12)10-16-13-7-5-4-6-8-13/h9,11,13,16H,4-8,10H2,1-3H3. The van der Waals surface area contributed by atoms with E-state index in [2.05, 4.69) is 37.5 Å². The average molecular weight is 251 g/mol. The van der Waals surface area contributed by atoms with Crippen LogP contribution in [0.4, 0.5) is 0 Å². The van der Waals surface area contributed by atoms with Gasteiger partial charge in [0.15, 0.2) is 0 Å². The SMILES string of the molecule is CC(C)(C)c1csc(CNC2CCCCC2)c1. The van der Waals surface area contributed by atoms with Gasteiger partial charge in [-0.25, -0.2) is 0 Å². The van der Waals surface area contributed by atoms with E-state index >= 15 is 0 Å². The summed E-state index contributed by atoms with van der Waals surface area (Å²) in [6.07, 6.45) is 7.01. The molecule has 0 aromatic carbocycles. The van der Waals surface area contributed by atoms with Gasteiger partial charge in [0.2, 0.25) is 0 Å². The summed E-state index contributed by atoms with van der Waals surface area (Å²) in [5.41, 5.74) is 1.77. The third-order valence-electron chi connectivity index (χ3n) is 3.69. The van der Waals surface area contributed by atoms with Crippen molar-refractivity contribution in [1.82, 2.24) is 5.32 Å². The zero-order valence-electron chi connectivity index (χ0n) is 11.4. The molecule has 0 aliphatic heterocycles. The minimum atomic E-state index is 0.291. The molecule has 1 aliphatic rings. The quantitative estimate of drug-likeness (QED) is 0.836. The van der Waals surface area contributed by atoms with Gasteiger partial charge in [-0.1, -0.05) is 40.0 Å². The van der Waals surface area contributed by atoms with Gasteiger partial charge in [0.25, 0.3) is 0 Å². The largest absolute Gasteiger partial charge is 0.309 e. The molecule has 1 N–H and O–H groups in total. The molecule has 1 heterocycles. The minimum absolute atomic E-state index is 0.291. The second-order valence-electron chi connectivity index (χ2n) is 6.27. The highest BCUT2D eigenvalue weighted by Gasteiger charge is 2.16. The molecular weight excluding hydrogens is 226 g/mol. The molecule has 1 aromatic rings. The van der Waals surface area contributed by atoms with Crippen LogP contribution in [-0.2, 0) is 12.0 Å². The average Bonchev–Trinajstić information content (AvgIpc) is 2.76. The normalized spacial score (nSPS) is 18.5. The third-order valence-corrected chi connectivity index (χ3v) is 4.63. The van der Waals surface area contributed by atoms with Gasteiger partial charge in [0.05, 0.1) is 0 Å². The lowest BCUT2D eigenvalue weighted by Gasteiger charge is -2.22. The van der Waals surface area contributed by atoms with Crippen LogP contribution in [0.1, 0.15) is 63.3 Å². The monoisotopic (exact) mass is 251 g/mol. The van der Waals surface area contributed by atoms with Crippen LogP contribution in [0, 0.1) is 0 Å². The first-order valence-electron chi connectivity index (χ1n) is 6.87. The van der Waals surface area contributed by atoms with Crippen molar-refractivity contribution in [2.75, 3.05) is 0 Å². The number of hydrogen-bond acceptors (Lipinski definition) is 2. The Morgan fingerprint density at radius 1 is 1.24 bits per heavy atom. The van der Waals surface area contributed by atoms with E-state index in [0.29, 0.717) is 5.41 Å². The molecule has 0 bridgehead atoms. The van der Waals surface area contributed by atoms with Crippen molar-refractivity contribution in [3.8, 4) is 0 Å². The van der Waals surface area contributed by atoms with Crippen LogP contribution in [0.25, 0.3) is 0 Å². The highest BCUT2D eigenvalue weighted by atomic mass is 32.1. The second-order valence-corrected chi connectivity index (χ2v) is 7.26. The van der Waals surface area contributed by atoms with E-state index in [0.717, 1.165) is 12.6 Å². The molecule has 1 saturated carbocycles. The molecule has 0 unspecified atom stereocenters. The first kappa shape index (κ1) is 13.1. The zero-order chi connectivity index (χ0) is 12.3. The fourth-order valence-corrected chi connectivity index (χ4v) is 3.48. The molecule has 2 rings (SSSR count). The van der Waals surface area contributed by atoms with Crippen LogP contribution in [-0.4, -0.2) is 6.04 Å². The van der Waals surface area contributed by atoms with Crippen LogP contribution in [0.15, 0.2) is 11.4 Å². The van der Waals surface area contributed by atoms with Crippen LogP contribution in [0.3, 0.4) is 0 Å². The first-order chi connectivity index (χ1) is 8.05. The van der Waals surface area contributed by atoms with Crippen molar-refractivity contribution >= 4 is 11.3 Å². The van der Waals surface area contributed by atoms with E-state index < -0.39 is 0 Å². The summed E-state index contributed by atoms with van der Waals surface area (Å²) >= 11 is 1.90. The van der Waals surface area contributed by atoms with Gasteiger partial charge < -0.3 is 5.32 Å². The summed E-state index contributed by atoms with van der Waals surface area (Å²) in [5, 5.41) is 6.03. The molecule has 1 aromatic heterocycles. The number of thiophene rings is 1. The highest BCUT2D eigenvalue weighted by molar-refractivity contribution is 7.10. The summed E-state index contributed by atoms with van der Waals surface area (Å²) in [6.45, 7) is 7.92. The van der Waals surface area contributed by atoms with Crippen molar-refractivity contribution < 1.29 is 0 Å². The van der Waals surface area contributed by atoms with Crippen molar-refractivity contribution in [2.24, 2.45) is 0 Å². The van der Waals surface area contributed by atoms with Crippen LogP contribution in [0.2, 0.25) is 0 Å². The van der Waals surface area contributed by atoms with Crippen molar-refractivity contribution in [3.05, 3.63) is 21.9 Å². The van der Waals surface area contributed by atoms with Gasteiger partial charge in [0, 0.05) is 17.5 Å². The Hall–Kier alpha value is -0.340. The molecule has 96 valence electrons. The molecule has 0 saturated heterocycles. The predicted octanol–water partition coefficient (Wildman–Crippen LogP) is 4.47. The maximum Gasteiger partial charge on any atom is 0.0302 e. The van der Waals surface area contributed by atoms with E-state index in [-0.39, 0.29) is 0 Å². The molecule has 2 heteroatoms. The Morgan fingerprint density at radius 3 is 2.53 bits per heavy atom. The molecule has 1 fully saturated rings. The van der Waals surface area contributed by atoms with Gasteiger partial charge in [-0.05, 0) is 35.3 Å². The molecule has 1 aliphatic carbocycles. The second kappa shape index (κ2) is 5.53. The third kappa shape index (κ3) is 3.82. The predicted molar refractivity (Wildman–Crippen MR) is 76.7 cm³/mol. The maximum absolute atomic E-state index is 3.71. The summed E-state index contributed by atoms with van der Waals surface area (Å²) in [6, 6.07) is 3.14. The summed E-state index contributed by atoms with van der Waals surface area (Å²) in [4.78, 5) is 1.49. The van der Waals surface area contributed by atoms with Crippen LogP contribution < -0.4 is 5.32 Å². The Balaban J connectivity index is 1.84. The van der Waals surface area contributed by atoms with E-state index in [1.165, 1.54) is 42.5 Å². The van der Waals surface area contributed by atoms with Gasteiger partial charge in [-0.3, -0.25) is 0 Å². The molecule has 0 atom stereocenters. The van der Waals surface area contributed by atoms with Gasteiger partial charge >= 0.3 is 0 Å². The van der Waals surface area contributed by atoms with E-state index in [9.17, 15) is 0 Å². The van der Waals surface area contributed by atoms with Crippen molar-refractivity contribution in [2.45, 2.75) is 70.9 Å². The Labute approximate surface area is 110 Å². The smallest absolute Gasteiger partial charge is 0.0302 e. The Kier molecular flexibility index (Phi) is 4.26. The molecule has 0 amide bonds. The van der Waals surface area contributed by atoms with E-state index in [1.54, 1.807) is 0 Å². The number of hydrogen-bond donors (Lipinski definition) is 1. The van der Waals surface area contributed by atoms with Crippen molar-refractivity contribution in [3.63, 3.8) is 0 Å². The van der Waals surface area contributed by atoms with Gasteiger partial charge in [-0.15, -0.1) is 11.3 Å². The summed E-state index contributed by atoms with van der Waals surface area (Å²) in [7, 11) is 0. The number of rotatable bonds is 3. The lowest BCUT2D eigenvalue weighted by molar-refractivity contribution is 0.373. The van der Waals surface area contributed by atoms with Crippen LogP contribution >= 0.6 is 11.3 Å². The van der Waals surface area contributed by atoms with E-state index in [1.807, 2.05) is 11.3 Å². The molecule has 1 nitrogen and oxygen atoms in total. The molecular formula is C15H25NS. The zero-order valence-corrected chi connectivity index (χ0v) is 12.2. The van der Waals surface area contributed by atoms with Crippen LogP contribution in [0.5, 0.6) is 0 Å². The Morgan fingerprint density at radius 2 is 1.94 bits per heavy atom. The maximum atomic E-state index is 3.71. The van der Waals surface area contributed by atoms with Gasteiger partial charge in [-0.2, -0.15) is 0 Å². The van der Waals surface area contributed by atoms with Crippen molar-refractivity contribution in [1.29, 1.82) is 0 Å². The first-order valence-corrected chi connectivity index (χ1v) is 7.75. The number of nitrogens with one attached hydrogen (secondary N) is 1. The molecule has 0 spiro atoms. The molecule has 0 radical (unpaired) electrons. The van der Waals surface area contributed by atoms with E-state index in [4.69, 9.17) is 0 Å². The lowest BCUT2D eigenvalue weighted by atomic mass is 9.89. The lowest BCUT2D eigenvalue weighted by Crippen LogP contribution is -2.30.